The number of pyridine rings is 1. The Bertz CT molecular complexity index is 1040. The SMILES string of the molecule is COc1ccc(C=O)cc1N=Nc1cccc(N=Nc2cc(C=O)ccc2OC)n1. The van der Waals surface area contributed by atoms with Gasteiger partial charge in [-0.05, 0) is 48.5 Å². The lowest BCUT2D eigenvalue weighted by Crippen LogP contribution is -1.86. The number of benzene rings is 2. The first-order chi connectivity index (χ1) is 14.7. The van der Waals surface area contributed by atoms with E-state index in [0.717, 1.165) is 0 Å². The number of carbonyl (C=O) groups excluding carboxylic acids is 2. The van der Waals surface area contributed by atoms with Crippen molar-refractivity contribution in [2.45, 2.75) is 0 Å². The molecule has 0 aliphatic rings. The van der Waals surface area contributed by atoms with E-state index in [-0.39, 0.29) is 0 Å². The topological polar surface area (TPSA) is 115 Å². The number of rotatable bonds is 8. The Balaban J connectivity index is 1.85. The van der Waals surface area contributed by atoms with Crippen LogP contribution in [0, 0.1) is 0 Å². The molecule has 9 heteroatoms. The summed E-state index contributed by atoms with van der Waals surface area (Å²) in [7, 11) is 3.00. The van der Waals surface area contributed by atoms with Crippen molar-refractivity contribution in [3.05, 3.63) is 65.7 Å². The molecule has 0 aliphatic heterocycles. The second kappa shape index (κ2) is 9.78. The zero-order chi connectivity index (χ0) is 21.3. The number of azo groups is 2. The van der Waals surface area contributed by atoms with Crippen LogP contribution in [0.15, 0.2) is 75.1 Å². The van der Waals surface area contributed by atoms with E-state index in [9.17, 15) is 9.59 Å². The molecule has 9 nitrogen and oxygen atoms in total. The highest BCUT2D eigenvalue weighted by Crippen LogP contribution is 2.31. The minimum absolute atomic E-state index is 0.290. The molecule has 2 aromatic carbocycles. The molecule has 0 saturated heterocycles. The van der Waals surface area contributed by atoms with Gasteiger partial charge in [-0.25, -0.2) is 4.98 Å². The summed E-state index contributed by atoms with van der Waals surface area (Å²) in [5.74, 6) is 1.53. The van der Waals surface area contributed by atoms with Crippen LogP contribution in [0.5, 0.6) is 11.5 Å². The molecule has 1 aromatic heterocycles. The number of nitrogens with zero attached hydrogens (tertiary/aromatic N) is 5. The lowest BCUT2D eigenvalue weighted by Gasteiger charge is -2.04. The largest absolute Gasteiger partial charge is 0.494 e. The van der Waals surface area contributed by atoms with Gasteiger partial charge in [-0.2, -0.15) is 0 Å². The number of hydrogen-bond acceptors (Lipinski definition) is 9. The van der Waals surface area contributed by atoms with E-state index >= 15 is 0 Å². The fraction of sp³-hybridized carbons (Fsp3) is 0.0952. The predicted octanol–water partition coefficient (Wildman–Crippen LogP) is 5.55. The Kier molecular flexibility index (Phi) is 6.67. The van der Waals surface area contributed by atoms with Crippen LogP contribution in [0.4, 0.5) is 23.0 Å². The van der Waals surface area contributed by atoms with Crippen molar-refractivity contribution < 1.29 is 19.1 Å². The number of hydrogen-bond donors (Lipinski definition) is 0. The third-order valence-corrected chi connectivity index (χ3v) is 3.92. The maximum atomic E-state index is 11.0. The first kappa shape index (κ1) is 20.5. The summed E-state index contributed by atoms with van der Waals surface area (Å²) in [6.45, 7) is 0. The average Bonchev–Trinajstić information content (AvgIpc) is 2.81. The van der Waals surface area contributed by atoms with Crippen LogP contribution >= 0.6 is 0 Å². The van der Waals surface area contributed by atoms with Gasteiger partial charge in [0.2, 0.25) is 0 Å². The molecule has 3 aromatic rings. The van der Waals surface area contributed by atoms with Crippen LogP contribution in [0.1, 0.15) is 20.7 Å². The molecule has 0 atom stereocenters. The maximum Gasteiger partial charge on any atom is 0.176 e. The number of aldehydes is 2. The van der Waals surface area contributed by atoms with Crippen molar-refractivity contribution in [2.75, 3.05) is 14.2 Å². The fourth-order valence-electron chi connectivity index (χ4n) is 2.45. The standard InChI is InChI=1S/C21H17N5O4/c1-29-18-8-6-14(12-27)10-16(18)23-25-20-4-3-5-21(22-20)26-24-17-11-15(13-28)7-9-19(17)30-2/h3-13H,1-2H3. The predicted molar refractivity (Wildman–Crippen MR) is 109 cm³/mol. The van der Waals surface area contributed by atoms with Gasteiger partial charge in [-0.1, -0.05) is 6.07 Å². The summed E-state index contributed by atoms with van der Waals surface area (Å²) in [4.78, 5) is 26.2. The quantitative estimate of drug-likeness (QED) is 0.361. The zero-order valence-corrected chi connectivity index (χ0v) is 16.2. The van der Waals surface area contributed by atoms with E-state index in [0.29, 0.717) is 58.2 Å². The molecule has 1 heterocycles. The van der Waals surface area contributed by atoms with Crippen LogP contribution in [0.3, 0.4) is 0 Å². The summed E-state index contributed by atoms with van der Waals surface area (Å²) in [6, 6.07) is 14.6. The summed E-state index contributed by atoms with van der Waals surface area (Å²) in [5.41, 5.74) is 1.69. The van der Waals surface area contributed by atoms with E-state index in [1.54, 1.807) is 54.6 Å². The molecule has 0 fully saturated rings. The Morgan fingerprint density at radius 1 is 0.700 bits per heavy atom. The fourth-order valence-corrected chi connectivity index (χ4v) is 2.45. The normalized spacial score (nSPS) is 11.0. The highest BCUT2D eigenvalue weighted by Gasteiger charge is 2.05. The van der Waals surface area contributed by atoms with E-state index < -0.39 is 0 Å². The number of aromatic nitrogens is 1. The summed E-state index contributed by atoms with van der Waals surface area (Å²) in [5, 5.41) is 16.4. The van der Waals surface area contributed by atoms with Crippen LogP contribution in [-0.2, 0) is 0 Å². The van der Waals surface area contributed by atoms with Crippen LogP contribution in [0.2, 0.25) is 0 Å². The van der Waals surface area contributed by atoms with Crippen molar-refractivity contribution in [1.82, 2.24) is 4.98 Å². The first-order valence-corrected chi connectivity index (χ1v) is 8.74. The van der Waals surface area contributed by atoms with Gasteiger partial charge in [-0.15, -0.1) is 20.5 Å². The molecule has 0 radical (unpaired) electrons. The third kappa shape index (κ3) is 4.96. The number of methoxy groups -OCH3 is 2. The van der Waals surface area contributed by atoms with Crippen LogP contribution < -0.4 is 9.47 Å². The van der Waals surface area contributed by atoms with Crippen molar-refractivity contribution in [3.63, 3.8) is 0 Å². The number of ether oxygens (including phenoxy) is 2. The van der Waals surface area contributed by atoms with Gasteiger partial charge >= 0.3 is 0 Å². The molecule has 30 heavy (non-hydrogen) atoms. The second-order valence-corrected chi connectivity index (χ2v) is 5.85. The van der Waals surface area contributed by atoms with E-state index in [2.05, 4.69) is 25.4 Å². The molecular weight excluding hydrogens is 386 g/mol. The van der Waals surface area contributed by atoms with Crippen LogP contribution in [-0.4, -0.2) is 31.8 Å². The first-order valence-electron chi connectivity index (χ1n) is 8.74. The Labute approximate surface area is 172 Å². The smallest absolute Gasteiger partial charge is 0.176 e. The molecule has 3 rings (SSSR count). The molecule has 0 bridgehead atoms. The van der Waals surface area contributed by atoms with Crippen LogP contribution in [0.25, 0.3) is 0 Å². The third-order valence-electron chi connectivity index (χ3n) is 3.92. The van der Waals surface area contributed by atoms with E-state index in [1.807, 2.05) is 0 Å². The monoisotopic (exact) mass is 403 g/mol. The van der Waals surface area contributed by atoms with Crippen molar-refractivity contribution in [2.24, 2.45) is 20.5 Å². The second-order valence-electron chi connectivity index (χ2n) is 5.85. The van der Waals surface area contributed by atoms with Gasteiger partial charge in [0.05, 0.1) is 14.2 Å². The Morgan fingerprint density at radius 3 is 1.57 bits per heavy atom. The summed E-state index contributed by atoms with van der Waals surface area (Å²) >= 11 is 0. The van der Waals surface area contributed by atoms with Gasteiger partial charge in [0, 0.05) is 11.1 Å². The minimum atomic E-state index is 0.290. The molecule has 0 spiro atoms. The van der Waals surface area contributed by atoms with Gasteiger partial charge < -0.3 is 9.47 Å². The highest BCUT2D eigenvalue weighted by atomic mass is 16.5. The van der Waals surface area contributed by atoms with Gasteiger partial charge in [0.25, 0.3) is 0 Å². The lowest BCUT2D eigenvalue weighted by atomic mass is 10.2. The van der Waals surface area contributed by atoms with Crippen molar-refractivity contribution in [3.8, 4) is 11.5 Å². The molecular formula is C21H17N5O4. The lowest BCUT2D eigenvalue weighted by molar-refractivity contribution is 0.111. The maximum absolute atomic E-state index is 11.0. The van der Waals surface area contributed by atoms with Gasteiger partial charge in [0.1, 0.15) is 35.4 Å². The van der Waals surface area contributed by atoms with Crippen molar-refractivity contribution >= 4 is 35.6 Å². The zero-order valence-electron chi connectivity index (χ0n) is 16.2. The van der Waals surface area contributed by atoms with E-state index in [1.165, 1.54) is 14.2 Å². The van der Waals surface area contributed by atoms with Gasteiger partial charge in [-0.3, -0.25) is 9.59 Å². The Hall–Kier alpha value is -4.27. The Morgan fingerprint density at radius 2 is 1.17 bits per heavy atom. The molecule has 0 N–H and O–H groups in total. The highest BCUT2D eigenvalue weighted by molar-refractivity contribution is 5.78. The molecule has 0 saturated carbocycles. The molecule has 150 valence electrons. The molecule has 0 unspecified atom stereocenters. The summed E-state index contributed by atoms with van der Waals surface area (Å²) in [6.07, 6.45) is 1.43. The van der Waals surface area contributed by atoms with Crippen molar-refractivity contribution in [1.29, 1.82) is 0 Å². The van der Waals surface area contributed by atoms with E-state index in [4.69, 9.17) is 9.47 Å². The number of carbonyl (C=O) groups is 2. The van der Waals surface area contributed by atoms with Gasteiger partial charge in [0.15, 0.2) is 11.6 Å². The molecule has 0 amide bonds. The minimum Gasteiger partial charge on any atom is -0.494 e. The molecule has 0 aliphatic carbocycles. The average molecular weight is 403 g/mol. The summed E-state index contributed by atoms with van der Waals surface area (Å²) < 4.78 is 10.4.